The molecule has 7 heteroatoms. The van der Waals surface area contributed by atoms with Crippen LogP contribution in [0.1, 0.15) is 19.0 Å². The lowest BCUT2D eigenvalue weighted by Gasteiger charge is -2.06. The largest absolute Gasteiger partial charge is 0.418 e. The number of rotatable bonds is 5. The van der Waals surface area contributed by atoms with Crippen molar-refractivity contribution in [3.05, 3.63) is 22.4 Å². The van der Waals surface area contributed by atoms with Crippen LogP contribution in [-0.2, 0) is 0 Å². The molecule has 0 atom stereocenters. The Hall–Kier alpha value is -1.63. The maximum absolute atomic E-state index is 5.57. The predicted octanol–water partition coefficient (Wildman–Crippen LogP) is 2.88. The van der Waals surface area contributed by atoms with Crippen LogP contribution in [0.15, 0.2) is 16.7 Å². The number of aromatic nitrogens is 4. The maximum atomic E-state index is 5.57. The first-order valence-electron chi connectivity index (χ1n) is 5.65. The average Bonchev–Trinajstić information content (AvgIpc) is 2.76. The van der Waals surface area contributed by atoms with Gasteiger partial charge >= 0.3 is 0 Å². The molecular formula is C11H14BrN5O. The molecule has 0 saturated heterocycles. The van der Waals surface area contributed by atoms with Crippen LogP contribution in [0.4, 0.5) is 5.95 Å². The van der Waals surface area contributed by atoms with Gasteiger partial charge in [-0.3, -0.25) is 5.10 Å². The summed E-state index contributed by atoms with van der Waals surface area (Å²) < 4.78 is 6.26. The standard InChI is InChI=1S/C11H14BrN5O/c1-3-4-13-11-14-6-8(12)10(15-11)18-9-5-7(2)16-17-9/h5-6H,3-4H2,1-2H3,(H,16,17)(H,13,14,15). The quantitative estimate of drug-likeness (QED) is 0.888. The van der Waals surface area contributed by atoms with E-state index in [9.17, 15) is 0 Å². The van der Waals surface area contributed by atoms with Gasteiger partial charge < -0.3 is 10.1 Å². The van der Waals surface area contributed by atoms with Crippen LogP contribution in [0.2, 0.25) is 0 Å². The Morgan fingerprint density at radius 3 is 3.00 bits per heavy atom. The molecule has 0 unspecified atom stereocenters. The topological polar surface area (TPSA) is 75.7 Å². The van der Waals surface area contributed by atoms with Crippen molar-refractivity contribution in [1.29, 1.82) is 0 Å². The molecule has 0 saturated carbocycles. The number of nitrogens with one attached hydrogen (secondary N) is 2. The van der Waals surface area contributed by atoms with E-state index in [1.807, 2.05) is 6.92 Å². The fraction of sp³-hybridized carbons (Fsp3) is 0.364. The van der Waals surface area contributed by atoms with Gasteiger partial charge in [-0.25, -0.2) is 4.98 Å². The molecule has 0 spiro atoms. The van der Waals surface area contributed by atoms with E-state index in [0.717, 1.165) is 18.7 Å². The molecule has 2 rings (SSSR count). The van der Waals surface area contributed by atoms with Gasteiger partial charge in [0.05, 0.1) is 10.7 Å². The zero-order valence-corrected chi connectivity index (χ0v) is 11.8. The van der Waals surface area contributed by atoms with Crippen LogP contribution in [0.3, 0.4) is 0 Å². The smallest absolute Gasteiger partial charge is 0.240 e. The van der Waals surface area contributed by atoms with E-state index in [1.165, 1.54) is 0 Å². The van der Waals surface area contributed by atoms with Crippen molar-refractivity contribution in [3.8, 4) is 11.8 Å². The van der Waals surface area contributed by atoms with Gasteiger partial charge in [0.2, 0.25) is 17.7 Å². The fourth-order valence-electron chi connectivity index (χ4n) is 1.29. The molecule has 2 aromatic heterocycles. The van der Waals surface area contributed by atoms with Gasteiger partial charge in [-0.15, -0.1) is 5.10 Å². The number of ether oxygens (including phenoxy) is 1. The number of hydrogen-bond donors (Lipinski definition) is 2. The SMILES string of the molecule is CCCNc1ncc(Br)c(Oc2cc(C)[nH]n2)n1. The zero-order chi connectivity index (χ0) is 13.0. The van der Waals surface area contributed by atoms with E-state index < -0.39 is 0 Å². The average molecular weight is 312 g/mol. The Labute approximate surface area is 113 Å². The molecule has 0 bridgehead atoms. The third kappa shape index (κ3) is 3.19. The number of nitrogens with zero attached hydrogens (tertiary/aromatic N) is 3. The van der Waals surface area contributed by atoms with E-state index in [4.69, 9.17) is 4.74 Å². The molecule has 0 aromatic carbocycles. The lowest BCUT2D eigenvalue weighted by atomic mass is 10.5. The van der Waals surface area contributed by atoms with Crippen LogP contribution in [0.25, 0.3) is 0 Å². The second kappa shape index (κ2) is 5.81. The molecule has 2 N–H and O–H groups in total. The summed E-state index contributed by atoms with van der Waals surface area (Å²) in [6, 6.07) is 1.80. The van der Waals surface area contributed by atoms with Gasteiger partial charge in [0.1, 0.15) is 0 Å². The van der Waals surface area contributed by atoms with E-state index in [1.54, 1.807) is 12.3 Å². The molecule has 2 aromatic rings. The van der Waals surface area contributed by atoms with Crippen molar-refractivity contribution in [3.63, 3.8) is 0 Å². The van der Waals surface area contributed by atoms with Gasteiger partial charge in [-0.2, -0.15) is 4.98 Å². The van der Waals surface area contributed by atoms with E-state index in [2.05, 4.69) is 48.3 Å². The van der Waals surface area contributed by atoms with Crippen molar-refractivity contribution < 1.29 is 4.74 Å². The van der Waals surface area contributed by atoms with Gasteiger partial charge in [-0.1, -0.05) is 6.92 Å². The maximum Gasteiger partial charge on any atom is 0.240 e. The van der Waals surface area contributed by atoms with Crippen molar-refractivity contribution in [1.82, 2.24) is 20.2 Å². The first kappa shape index (κ1) is 12.8. The molecular weight excluding hydrogens is 298 g/mol. The van der Waals surface area contributed by atoms with Crippen LogP contribution in [0.5, 0.6) is 11.8 Å². The Bertz CT molecular complexity index is 528. The number of hydrogen-bond acceptors (Lipinski definition) is 5. The number of H-pyrrole nitrogens is 1. The van der Waals surface area contributed by atoms with Crippen LogP contribution in [0, 0.1) is 6.92 Å². The summed E-state index contributed by atoms with van der Waals surface area (Å²) in [5.74, 6) is 1.46. The minimum absolute atomic E-state index is 0.440. The highest BCUT2D eigenvalue weighted by Gasteiger charge is 2.09. The summed E-state index contributed by atoms with van der Waals surface area (Å²) in [6.45, 7) is 4.81. The van der Waals surface area contributed by atoms with Gasteiger partial charge in [0, 0.05) is 18.3 Å². The lowest BCUT2D eigenvalue weighted by molar-refractivity contribution is 0.440. The predicted molar refractivity (Wildman–Crippen MR) is 71.9 cm³/mol. The molecule has 2 heterocycles. The Morgan fingerprint density at radius 2 is 2.33 bits per heavy atom. The Morgan fingerprint density at radius 1 is 1.50 bits per heavy atom. The van der Waals surface area contributed by atoms with Crippen molar-refractivity contribution in [2.24, 2.45) is 0 Å². The van der Waals surface area contributed by atoms with Crippen molar-refractivity contribution in [2.45, 2.75) is 20.3 Å². The molecule has 0 aliphatic carbocycles. The monoisotopic (exact) mass is 311 g/mol. The number of halogens is 1. The van der Waals surface area contributed by atoms with Gasteiger partial charge in [0.15, 0.2) is 0 Å². The lowest BCUT2D eigenvalue weighted by Crippen LogP contribution is -2.05. The molecule has 0 fully saturated rings. The highest BCUT2D eigenvalue weighted by Crippen LogP contribution is 2.26. The number of aromatic amines is 1. The summed E-state index contributed by atoms with van der Waals surface area (Å²) in [5.41, 5.74) is 0.930. The van der Waals surface area contributed by atoms with Crippen LogP contribution in [-0.4, -0.2) is 26.7 Å². The second-order valence-electron chi connectivity index (χ2n) is 3.76. The van der Waals surface area contributed by atoms with E-state index in [0.29, 0.717) is 22.2 Å². The normalized spacial score (nSPS) is 10.4. The molecule has 6 nitrogen and oxygen atoms in total. The molecule has 0 aliphatic heterocycles. The molecule has 96 valence electrons. The first-order valence-corrected chi connectivity index (χ1v) is 6.44. The minimum atomic E-state index is 0.440. The highest BCUT2D eigenvalue weighted by atomic mass is 79.9. The van der Waals surface area contributed by atoms with Crippen LogP contribution >= 0.6 is 15.9 Å². The van der Waals surface area contributed by atoms with Gasteiger partial charge in [0.25, 0.3) is 0 Å². The van der Waals surface area contributed by atoms with E-state index in [-0.39, 0.29) is 0 Å². The highest BCUT2D eigenvalue weighted by molar-refractivity contribution is 9.10. The Kier molecular flexibility index (Phi) is 4.14. The zero-order valence-electron chi connectivity index (χ0n) is 10.2. The third-order valence-electron chi connectivity index (χ3n) is 2.13. The second-order valence-corrected chi connectivity index (χ2v) is 4.62. The third-order valence-corrected chi connectivity index (χ3v) is 2.67. The van der Waals surface area contributed by atoms with Crippen molar-refractivity contribution in [2.75, 3.05) is 11.9 Å². The first-order chi connectivity index (χ1) is 8.69. The molecule has 0 radical (unpaired) electrons. The summed E-state index contributed by atoms with van der Waals surface area (Å²) in [7, 11) is 0. The molecule has 18 heavy (non-hydrogen) atoms. The summed E-state index contributed by atoms with van der Waals surface area (Å²) in [5, 5.41) is 9.90. The minimum Gasteiger partial charge on any atom is -0.418 e. The summed E-state index contributed by atoms with van der Waals surface area (Å²) in [6.07, 6.45) is 2.66. The van der Waals surface area contributed by atoms with Crippen LogP contribution < -0.4 is 10.1 Å². The molecule has 0 aliphatic rings. The van der Waals surface area contributed by atoms with E-state index >= 15 is 0 Å². The Balaban J connectivity index is 2.15. The fourth-order valence-corrected chi connectivity index (χ4v) is 1.56. The molecule has 0 amide bonds. The number of aryl methyl sites for hydroxylation is 1. The summed E-state index contributed by atoms with van der Waals surface area (Å²) in [4.78, 5) is 8.42. The van der Waals surface area contributed by atoms with Gasteiger partial charge in [-0.05, 0) is 29.3 Å². The summed E-state index contributed by atoms with van der Waals surface area (Å²) >= 11 is 3.35. The van der Waals surface area contributed by atoms with Crippen molar-refractivity contribution >= 4 is 21.9 Å². The number of anilines is 1.